The molecule has 0 saturated heterocycles. The van der Waals surface area contributed by atoms with Gasteiger partial charge in [-0.05, 0) is 6.08 Å². The molecule has 1 aliphatic carbocycles. The predicted molar refractivity (Wildman–Crippen MR) is 104 cm³/mol. The summed E-state index contributed by atoms with van der Waals surface area (Å²) in [4.78, 5) is 34.7. The molecule has 30 heavy (non-hydrogen) atoms. The summed E-state index contributed by atoms with van der Waals surface area (Å²) in [5.74, 6) is -10.5. The van der Waals surface area contributed by atoms with E-state index in [0.29, 0.717) is 9.66 Å². The summed E-state index contributed by atoms with van der Waals surface area (Å²) in [6.07, 6.45) is 1.06. The van der Waals surface area contributed by atoms with Crippen molar-refractivity contribution in [2.45, 2.75) is 0 Å². The van der Waals surface area contributed by atoms with E-state index in [1.807, 2.05) is 30.3 Å². The smallest absolute Gasteiger partial charge is 0.201 e. The van der Waals surface area contributed by atoms with Gasteiger partial charge in [0.1, 0.15) is 10.0 Å². The SMILES string of the molecule is O=C1C(=Cc2nc3sc(-c4ccccc4)nc3s2)C(=O)c2c(F)c(F)c(F)c(F)c21. The molecule has 5 rings (SSSR count). The quantitative estimate of drug-likeness (QED) is 0.135. The van der Waals surface area contributed by atoms with E-state index >= 15 is 0 Å². The highest BCUT2D eigenvalue weighted by atomic mass is 32.1. The first-order valence-corrected chi connectivity index (χ1v) is 10.00. The van der Waals surface area contributed by atoms with Gasteiger partial charge < -0.3 is 0 Å². The van der Waals surface area contributed by atoms with Crippen LogP contribution in [0.15, 0.2) is 35.9 Å². The molecule has 0 fully saturated rings. The number of Topliss-reactive ketones (excluding diaryl/α,β-unsaturated/α-hetero) is 2. The molecule has 0 N–H and O–H groups in total. The molecule has 2 aromatic carbocycles. The summed E-state index contributed by atoms with van der Waals surface area (Å²) < 4.78 is 55.0. The molecule has 0 atom stereocenters. The molecule has 0 radical (unpaired) electrons. The van der Waals surface area contributed by atoms with Crippen molar-refractivity contribution < 1.29 is 27.2 Å². The summed E-state index contributed by atoms with van der Waals surface area (Å²) in [5.41, 5.74) is -1.92. The Morgan fingerprint density at radius 3 is 1.87 bits per heavy atom. The van der Waals surface area contributed by atoms with Gasteiger partial charge in [0.15, 0.2) is 32.9 Å². The van der Waals surface area contributed by atoms with Gasteiger partial charge in [-0.1, -0.05) is 53.0 Å². The second-order valence-corrected chi connectivity index (χ2v) is 8.26. The minimum absolute atomic E-state index is 0.203. The summed E-state index contributed by atoms with van der Waals surface area (Å²) in [6.45, 7) is 0. The third-order valence-electron chi connectivity index (χ3n) is 4.49. The maximum atomic E-state index is 14.0. The molecule has 4 aromatic rings. The molecule has 0 spiro atoms. The summed E-state index contributed by atoms with van der Waals surface area (Å²) in [5, 5.41) is 0.939. The van der Waals surface area contributed by atoms with Crippen molar-refractivity contribution in [3.05, 3.63) is 75.3 Å². The van der Waals surface area contributed by atoms with Crippen molar-refractivity contribution in [1.82, 2.24) is 9.97 Å². The Labute approximate surface area is 173 Å². The fourth-order valence-corrected chi connectivity index (χ4v) is 5.11. The van der Waals surface area contributed by atoms with Crippen LogP contribution in [0.1, 0.15) is 25.7 Å². The molecular formula is C20H6F4N2O2S2. The van der Waals surface area contributed by atoms with Gasteiger partial charge in [0, 0.05) is 5.56 Å². The third kappa shape index (κ3) is 2.64. The number of allylic oxidation sites excluding steroid dienone is 1. The second kappa shape index (κ2) is 6.64. The van der Waals surface area contributed by atoms with Gasteiger partial charge in [0.05, 0.1) is 16.7 Å². The Hall–Kier alpha value is -3.24. The highest BCUT2D eigenvalue weighted by Gasteiger charge is 2.42. The standard InChI is InChI=1S/C20H6F4N2O2S2/c21-12-10-11(13(22)15(24)14(12)23)17(28)8(16(10)27)6-9-25-19-20(29-9)26-18(30-19)7-4-2-1-3-5-7/h1-6H. The molecule has 10 heteroatoms. The molecule has 0 aliphatic heterocycles. The molecule has 148 valence electrons. The van der Waals surface area contributed by atoms with E-state index < -0.39 is 51.5 Å². The largest absolute Gasteiger partial charge is 0.288 e. The first kappa shape index (κ1) is 18.8. The highest BCUT2D eigenvalue weighted by molar-refractivity contribution is 7.28. The van der Waals surface area contributed by atoms with Gasteiger partial charge in [-0.2, -0.15) is 0 Å². The van der Waals surface area contributed by atoms with Gasteiger partial charge in [0.2, 0.25) is 11.6 Å². The fraction of sp³-hybridized carbons (Fsp3) is 0. The molecule has 2 heterocycles. The molecule has 2 aromatic heterocycles. The van der Waals surface area contributed by atoms with E-state index in [2.05, 4.69) is 9.97 Å². The zero-order chi connectivity index (χ0) is 21.2. The van der Waals surface area contributed by atoms with Crippen molar-refractivity contribution in [3.63, 3.8) is 0 Å². The third-order valence-corrected chi connectivity index (χ3v) is 6.52. The van der Waals surface area contributed by atoms with Crippen molar-refractivity contribution in [2.24, 2.45) is 0 Å². The maximum absolute atomic E-state index is 14.0. The number of thiazole rings is 2. The lowest BCUT2D eigenvalue weighted by Crippen LogP contribution is -2.07. The topological polar surface area (TPSA) is 59.9 Å². The van der Waals surface area contributed by atoms with Crippen LogP contribution in [0.4, 0.5) is 17.6 Å². The fourth-order valence-electron chi connectivity index (χ4n) is 3.11. The Bertz CT molecular complexity index is 1340. The number of hydrogen-bond donors (Lipinski definition) is 0. The Balaban J connectivity index is 1.57. The molecule has 1 aliphatic rings. The van der Waals surface area contributed by atoms with Crippen LogP contribution in [-0.2, 0) is 0 Å². The highest BCUT2D eigenvalue weighted by Crippen LogP contribution is 2.37. The molecule has 0 amide bonds. The van der Waals surface area contributed by atoms with E-state index in [9.17, 15) is 27.2 Å². The van der Waals surface area contributed by atoms with E-state index in [4.69, 9.17) is 0 Å². The minimum Gasteiger partial charge on any atom is -0.288 e. The van der Waals surface area contributed by atoms with Crippen LogP contribution in [0.5, 0.6) is 0 Å². The van der Waals surface area contributed by atoms with E-state index in [-0.39, 0.29) is 5.01 Å². The molecule has 0 unspecified atom stereocenters. The van der Waals surface area contributed by atoms with Gasteiger partial charge >= 0.3 is 0 Å². The lowest BCUT2D eigenvalue weighted by molar-refractivity contribution is 0.0988. The number of halogens is 4. The number of ketones is 2. The number of carbonyl (C=O) groups excluding carboxylic acids is 2. The van der Waals surface area contributed by atoms with Crippen LogP contribution in [-0.4, -0.2) is 21.5 Å². The van der Waals surface area contributed by atoms with E-state index in [1.54, 1.807) is 0 Å². The van der Waals surface area contributed by atoms with Crippen molar-refractivity contribution in [1.29, 1.82) is 0 Å². The number of benzene rings is 2. The van der Waals surface area contributed by atoms with Gasteiger partial charge in [0.25, 0.3) is 0 Å². The van der Waals surface area contributed by atoms with Crippen molar-refractivity contribution in [2.75, 3.05) is 0 Å². The molecule has 4 nitrogen and oxygen atoms in total. The monoisotopic (exact) mass is 446 g/mol. The predicted octanol–water partition coefficient (Wildman–Crippen LogP) is 5.44. The summed E-state index contributed by atoms with van der Waals surface area (Å²) >= 11 is 2.37. The van der Waals surface area contributed by atoms with Crippen LogP contribution in [0, 0.1) is 23.3 Å². The maximum Gasteiger partial charge on any atom is 0.201 e. The molecular weight excluding hydrogens is 440 g/mol. The van der Waals surface area contributed by atoms with Crippen molar-refractivity contribution in [3.8, 4) is 10.6 Å². The molecule has 0 saturated carbocycles. The van der Waals surface area contributed by atoms with Gasteiger partial charge in [-0.3, -0.25) is 9.59 Å². The van der Waals surface area contributed by atoms with Crippen LogP contribution in [0.3, 0.4) is 0 Å². The van der Waals surface area contributed by atoms with Gasteiger partial charge in [-0.15, -0.1) is 0 Å². The number of nitrogens with zero attached hydrogens (tertiary/aromatic N) is 2. The Kier molecular flexibility index (Phi) is 4.16. The summed E-state index contributed by atoms with van der Waals surface area (Å²) in [7, 11) is 0. The van der Waals surface area contributed by atoms with Crippen LogP contribution >= 0.6 is 22.7 Å². The number of hydrogen-bond acceptors (Lipinski definition) is 6. The number of fused-ring (bicyclic) bond motifs is 2. The van der Waals surface area contributed by atoms with Gasteiger partial charge in [-0.25, -0.2) is 27.5 Å². The number of aromatic nitrogens is 2. The number of rotatable bonds is 2. The van der Waals surface area contributed by atoms with Crippen LogP contribution < -0.4 is 0 Å². The van der Waals surface area contributed by atoms with Crippen LogP contribution in [0.25, 0.3) is 26.3 Å². The zero-order valence-corrected chi connectivity index (χ0v) is 16.1. The first-order chi connectivity index (χ1) is 14.4. The average Bonchev–Trinajstić information content (AvgIpc) is 3.38. The van der Waals surface area contributed by atoms with E-state index in [0.717, 1.165) is 28.0 Å². The number of carbonyl (C=O) groups is 2. The Morgan fingerprint density at radius 1 is 0.733 bits per heavy atom. The normalized spacial score (nSPS) is 13.4. The van der Waals surface area contributed by atoms with E-state index in [1.165, 1.54) is 11.3 Å². The van der Waals surface area contributed by atoms with Crippen molar-refractivity contribution >= 4 is 50.0 Å². The first-order valence-electron chi connectivity index (χ1n) is 8.36. The lowest BCUT2D eigenvalue weighted by atomic mass is 10.1. The van der Waals surface area contributed by atoms with Crippen LogP contribution in [0.2, 0.25) is 0 Å². The average molecular weight is 446 g/mol. The minimum atomic E-state index is -2.14. The second-order valence-electron chi connectivity index (χ2n) is 6.27. The molecule has 0 bridgehead atoms. The zero-order valence-electron chi connectivity index (χ0n) is 14.5. The lowest BCUT2D eigenvalue weighted by Gasteiger charge is -2.02. The Morgan fingerprint density at radius 2 is 1.30 bits per heavy atom. The summed E-state index contributed by atoms with van der Waals surface area (Å²) in [6, 6.07) is 9.39.